The van der Waals surface area contributed by atoms with Crippen molar-refractivity contribution in [2.75, 3.05) is 24.0 Å². The normalized spacial score (nSPS) is 16.4. The number of benzene rings is 1. The minimum Gasteiger partial charge on any atom is -0.495 e. The fourth-order valence-electron chi connectivity index (χ4n) is 2.99. The lowest BCUT2D eigenvalue weighted by Crippen LogP contribution is -2.37. The molecule has 2 N–H and O–H groups in total. The van der Waals surface area contributed by atoms with Gasteiger partial charge in [0.2, 0.25) is 17.8 Å². The van der Waals surface area contributed by atoms with E-state index in [1.165, 1.54) is 12.0 Å². The van der Waals surface area contributed by atoms with Gasteiger partial charge >= 0.3 is 0 Å². The third-order valence-electron chi connectivity index (χ3n) is 4.21. The molecule has 0 radical (unpaired) electrons. The molecule has 2 aromatic rings. The third kappa shape index (κ3) is 4.28. The molecule has 9 heteroatoms. The monoisotopic (exact) mass is 389 g/mol. The van der Waals surface area contributed by atoms with Gasteiger partial charge in [-0.2, -0.15) is 0 Å². The summed E-state index contributed by atoms with van der Waals surface area (Å²) < 4.78 is 5.30. The highest BCUT2D eigenvalue weighted by Gasteiger charge is 2.36. The summed E-state index contributed by atoms with van der Waals surface area (Å²) in [5.41, 5.74) is 7.41. The Balaban J connectivity index is 1.68. The number of hydrazine groups is 1. The lowest BCUT2D eigenvalue weighted by molar-refractivity contribution is -0.125. The number of nitrogens with zero attached hydrogens (tertiary/aromatic N) is 3. The molecule has 1 saturated heterocycles. The van der Waals surface area contributed by atoms with Gasteiger partial charge in [0.1, 0.15) is 5.75 Å². The van der Waals surface area contributed by atoms with Crippen LogP contribution in [0, 0.1) is 19.8 Å². The fraction of sp³-hybridized carbons (Fsp3) is 0.333. The van der Waals surface area contributed by atoms with Crippen molar-refractivity contribution in [1.82, 2.24) is 15.4 Å². The Morgan fingerprint density at radius 1 is 1.26 bits per heavy atom. The van der Waals surface area contributed by atoms with Crippen LogP contribution >= 0.6 is 11.6 Å². The first-order valence-corrected chi connectivity index (χ1v) is 8.77. The SMILES string of the molecule is COc1ccc(Cl)cc1N1C[C@@H](C(=O)NNc2nc(C)cc(C)n2)CC1=O. The summed E-state index contributed by atoms with van der Waals surface area (Å²) in [7, 11) is 1.52. The average molecular weight is 390 g/mol. The molecule has 3 rings (SSSR count). The van der Waals surface area contributed by atoms with Gasteiger partial charge in [-0.1, -0.05) is 11.6 Å². The van der Waals surface area contributed by atoms with Crippen molar-refractivity contribution in [1.29, 1.82) is 0 Å². The van der Waals surface area contributed by atoms with Gasteiger partial charge in [0, 0.05) is 29.4 Å². The maximum atomic E-state index is 12.5. The van der Waals surface area contributed by atoms with Gasteiger partial charge < -0.3 is 9.64 Å². The summed E-state index contributed by atoms with van der Waals surface area (Å²) in [5, 5.41) is 0.486. The number of methoxy groups -OCH3 is 1. The maximum absolute atomic E-state index is 12.5. The molecule has 1 aliphatic heterocycles. The topological polar surface area (TPSA) is 96.5 Å². The van der Waals surface area contributed by atoms with Crippen LogP contribution in [0.5, 0.6) is 5.75 Å². The highest BCUT2D eigenvalue weighted by molar-refractivity contribution is 6.31. The Hall–Kier alpha value is -2.87. The van der Waals surface area contributed by atoms with Crippen LogP contribution in [0.3, 0.4) is 0 Å². The van der Waals surface area contributed by atoms with Gasteiger partial charge in [-0.15, -0.1) is 0 Å². The number of aryl methyl sites for hydroxylation is 2. The Kier molecular flexibility index (Phi) is 5.46. The minimum absolute atomic E-state index is 0.0941. The van der Waals surface area contributed by atoms with Crippen LogP contribution < -0.4 is 20.5 Å². The van der Waals surface area contributed by atoms with E-state index in [2.05, 4.69) is 20.8 Å². The minimum atomic E-state index is -0.514. The molecule has 1 fully saturated rings. The van der Waals surface area contributed by atoms with Crippen LogP contribution in [0.25, 0.3) is 0 Å². The van der Waals surface area contributed by atoms with Crippen molar-refractivity contribution in [2.24, 2.45) is 5.92 Å². The van der Waals surface area contributed by atoms with E-state index in [9.17, 15) is 9.59 Å². The van der Waals surface area contributed by atoms with Gasteiger partial charge in [0.25, 0.3) is 0 Å². The largest absolute Gasteiger partial charge is 0.495 e. The first-order valence-electron chi connectivity index (χ1n) is 8.39. The number of hydrogen-bond donors (Lipinski definition) is 2. The van der Waals surface area contributed by atoms with E-state index in [1.54, 1.807) is 18.2 Å². The average Bonchev–Trinajstić information content (AvgIpc) is 3.00. The van der Waals surface area contributed by atoms with E-state index in [4.69, 9.17) is 16.3 Å². The Labute approximate surface area is 161 Å². The highest BCUT2D eigenvalue weighted by Crippen LogP contribution is 2.35. The molecule has 1 aliphatic rings. The van der Waals surface area contributed by atoms with Crippen molar-refractivity contribution in [3.05, 3.63) is 40.7 Å². The van der Waals surface area contributed by atoms with Crippen LogP contribution in [-0.2, 0) is 9.59 Å². The number of carbonyl (C=O) groups is 2. The second kappa shape index (κ2) is 7.79. The predicted octanol–water partition coefficient (Wildman–Crippen LogP) is 2.25. The first kappa shape index (κ1) is 18.9. The molecule has 0 unspecified atom stereocenters. The Bertz CT molecular complexity index is 869. The van der Waals surface area contributed by atoms with Crippen molar-refractivity contribution in [3.63, 3.8) is 0 Å². The van der Waals surface area contributed by atoms with Crippen molar-refractivity contribution in [2.45, 2.75) is 20.3 Å². The van der Waals surface area contributed by atoms with E-state index in [0.29, 0.717) is 22.4 Å². The summed E-state index contributed by atoms with van der Waals surface area (Å²) in [5.74, 6) is -0.165. The van der Waals surface area contributed by atoms with E-state index < -0.39 is 5.92 Å². The lowest BCUT2D eigenvalue weighted by Gasteiger charge is -2.20. The molecule has 142 valence electrons. The molecule has 0 aliphatic carbocycles. The van der Waals surface area contributed by atoms with Gasteiger partial charge in [-0.25, -0.2) is 9.97 Å². The van der Waals surface area contributed by atoms with Crippen LogP contribution in [0.2, 0.25) is 5.02 Å². The number of carbonyl (C=O) groups excluding carboxylic acids is 2. The zero-order chi connectivity index (χ0) is 19.6. The second-order valence-electron chi connectivity index (χ2n) is 6.31. The van der Waals surface area contributed by atoms with Gasteiger partial charge in [0.05, 0.1) is 18.7 Å². The zero-order valence-electron chi connectivity index (χ0n) is 15.2. The second-order valence-corrected chi connectivity index (χ2v) is 6.75. The molecule has 1 aromatic heterocycles. The number of rotatable bonds is 5. The number of aromatic nitrogens is 2. The fourth-order valence-corrected chi connectivity index (χ4v) is 3.16. The number of nitrogens with one attached hydrogen (secondary N) is 2. The van der Waals surface area contributed by atoms with E-state index >= 15 is 0 Å². The van der Waals surface area contributed by atoms with E-state index in [0.717, 1.165) is 11.4 Å². The van der Waals surface area contributed by atoms with Crippen molar-refractivity contribution < 1.29 is 14.3 Å². The molecular formula is C18H20ClN5O3. The zero-order valence-corrected chi connectivity index (χ0v) is 16.0. The van der Waals surface area contributed by atoms with Crippen LogP contribution in [0.15, 0.2) is 24.3 Å². The quantitative estimate of drug-likeness (QED) is 0.761. The molecule has 1 atom stereocenters. The van der Waals surface area contributed by atoms with E-state index in [1.807, 2.05) is 19.9 Å². The predicted molar refractivity (Wildman–Crippen MR) is 102 cm³/mol. The number of ether oxygens (including phenoxy) is 1. The van der Waals surface area contributed by atoms with Gasteiger partial charge in [-0.3, -0.25) is 20.4 Å². The summed E-state index contributed by atoms with van der Waals surface area (Å²) in [6, 6.07) is 6.86. The van der Waals surface area contributed by atoms with Crippen LogP contribution in [0.1, 0.15) is 17.8 Å². The molecule has 2 amide bonds. The molecule has 2 heterocycles. The molecule has 0 saturated carbocycles. The molecular weight excluding hydrogens is 370 g/mol. The third-order valence-corrected chi connectivity index (χ3v) is 4.44. The summed E-state index contributed by atoms with van der Waals surface area (Å²) in [4.78, 5) is 34.8. The first-order chi connectivity index (χ1) is 12.9. The van der Waals surface area contributed by atoms with Crippen molar-refractivity contribution >= 4 is 35.1 Å². The Morgan fingerprint density at radius 2 is 1.96 bits per heavy atom. The smallest absolute Gasteiger partial charge is 0.243 e. The molecule has 8 nitrogen and oxygen atoms in total. The standard InChI is InChI=1S/C18H20ClN5O3/c1-10-6-11(2)21-18(20-10)23-22-17(26)12-7-16(25)24(9-12)14-8-13(19)4-5-15(14)27-3/h4-6,8,12H,7,9H2,1-3H3,(H,22,26)(H,20,21,23)/t12-/m0/s1. The molecule has 1 aromatic carbocycles. The van der Waals surface area contributed by atoms with Gasteiger partial charge in [-0.05, 0) is 38.1 Å². The molecule has 0 bridgehead atoms. The summed E-state index contributed by atoms with van der Waals surface area (Å²) >= 11 is 6.05. The number of anilines is 2. The summed E-state index contributed by atoms with van der Waals surface area (Å²) in [6.07, 6.45) is 0.0941. The Morgan fingerprint density at radius 3 is 2.63 bits per heavy atom. The van der Waals surface area contributed by atoms with Crippen LogP contribution in [-0.4, -0.2) is 35.4 Å². The van der Waals surface area contributed by atoms with Crippen LogP contribution in [0.4, 0.5) is 11.6 Å². The number of halogens is 1. The van der Waals surface area contributed by atoms with E-state index in [-0.39, 0.29) is 24.8 Å². The molecule has 27 heavy (non-hydrogen) atoms. The maximum Gasteiger partial charge on any atom is 0.243 e. The van der Waals surface area contributed by atoms with Gasteiger partial charge in [0.15, 0.2) is 0 Å². The summed E-state index contributed by atoms with van der Waals surface area (Å²) in [6.45, 7) is 3.91. The number of hydrogen-bond acceptors (Lipinski definition) is 6. The lowest BCUT2D eigenvalue weighted by atomic mass is 10.1. The highest BCUT2D eigenvalue weighted by atomic mass is 35.5. The molecule has 0 spiro atoms. The van der Waals surface area contributed by atoms with Crippen molar-refractivity contribution in [3.8, 4) is 5.75 Å². The number of amides is 2.